The van der Waals surface area contributed by atoms with Crippen molar-refractivity contribution in [1.29, 1.82) is 0 Å². The maximum Gasteiger partial charge on any atom is 0.252 e. The number of para-hydroxylation sites is 1. The van der Waals surface area contributed by atoms with Crippen LogP contribution in [0.25, 0.3) is 10.9 Å². The van der Waals surface area contributed by atoms with E-state index in [1.807, 2.05) is 54.6 Å². The first kappa shape index (κ1) is 12.8. The van der Waals surface area contributed by atoms with E-state index in [4.69, 9.17) is 4.74 Å². The summed E-state index contributed by atoms with van der Waals surface area (Å²) in [6, 6.07) is 17.6. The predicted molar refractivity (Wildman–Crippen MR) is 83.7 cm³/mol. The van der Waals surface area contributed by atoms with E-state index in [0.29, 0.717) is 18.7 Å². The van der Waals surface area contributed by atoms with Crippen LogP contribution in [0.4, 0.5) is 0 Å². The van der Waals surface area contributed by atoms with Crippen LogP contribution in [0.2, 0.25) is 0 Å². The van der Waals surface area contributed by atoms with Crippen LogP contribution in [-0.2, 0) is 13.2 Å². The second kappa shape index (κ2) is 5.15. The van der Waals surface area contributed by atoms with Gasteiger partial charge in [0.1, 0.15) is 12.4 Å². The summed E-state index contributed by atoms with van der Waals surface area (Å²) in [4.78, 5) is 16.3. The summed E-state index contributed by atoms with van der Waals surface area (Å²) in [5.74, 6) is 0.704. The molecule has 1 N–H and O–H groups in total. The molecule has 4 nitrogen and oxygen atoms in total. The number of aromatic nitrogens is 1. The van der Waals surface area contributed by atoms with Gasteiger partial charge in [0.05, 0.1) is 11.2 Å². The average Bonchev–Trinajstić information content (AvgIpc) is 2.95. The molecule has 0 aliphatic carbocycles. The number of amides is 1. The van der Waals surface area contributed by atoms with Crippen molar-refractivity contribution in [3.63, 3.8) is 0 Å². The molecule has 4 heteroatoms. The molecule has 108 valence electrons. The zero-order valence-electron chi connectivity index (χ0n) is 11.9. The summed E-state index contributed by atoms with van der Waals surface area (Å²) < 4.78 is 5.88. The van der Waals surface area contributed by atoms with Crippen LogP contribution in [0.5, 0.6) is 5.75 Å². The maximum absolute atomic E-state index is 11.7. The third-order valence-corrected chi connectivity index (χ3v) is 3.84. The monoisotopic (exact) mass is 290 g/mol. The Morgan fingerprint density at radius 2 is 1.95 bits per heavy atom. The Morgan fingerprint density at radius 3 is 2.91 bits per heavy atom. The van der Waals surface area contributed by atoms with Gasteiger partial charge in [0, 0.05) is 23.1 Å². The van der Waals surface area contributed by atoms with E-state index in [2.05, 4.69) is 10.3 Å². The minimum absolute atomic E-state index is 0.0377. The van der Waals surface area contributed by atoms with Crippen molar-refractivity contribution in [3.05, 3.63) is 71.4 Å². The maximum atomic E-state index is 11.7. The highest BCUT2D eigenvalue weighted by atomic mass is 16.5. The number of benzene rings is 2. The molecule has 22 heavy (non-hydrogen) atoms. The third-order valence-electron chi connectivity index (χ3n) is 3.84. The van der Waals surface area contributed by atoms with Gasteiger partial charge in [0.15, 0.2) is 0 Å². The molecule has 0 saturated carbocycles. The lowest BCUT2D eigenvalue weighted by molar-refractivity contribution is 0.0966. The van der Waals surface area contributed by atoms with Gasteiger partial charge in [0.2, 0.25) is 0 Å². The van der Waals surface area contributed by atoms with Gasteiger partial charge < -0.3 is 10.1 Å². The van der Waals surface area contributed by atoms with E-state index in [9.17, 15) is 4.79 Å². The minimum atomic E-state index is -0.0377. The lowest BCUT2D eigenvalue weighted by Crippen LogP contribution is -2.12. The molecule has 0 spiro atoms. The van der Waals surface area contributed by atoms with E-state index in [1.165, 1.54) is 0 Å². The Hall–Kier alpha value is -2.88. The minimum Gasteiger partial charge on any atom is -0.487 e. The molecule has 1 aliphatic heterocycles. The molecule has 4 rings (SSSR count). The first-order valence-corrected chi connectivity index (χ1v) is 7.19. The molecular weight excluding hydrogens is 276 g/mol. The first-order chi connectivity index (χ1) is 10.8. The van der Waals surface area contributed by atoms with Gasteiger partial charge in [-0.05, 0) is 24.3 Å². The Bertz CT molecular complexity index is 874. The SMILES string of the molecule is O=C1NCc2c(OCc3ccc4ccccc4n3)cccc21. The molecule has 2 aromatic carbocycles. The molecule has 0 radical (unpaired) electrons. The van der Waals surface area contributed by atoms with Gasteiger partial charge in [-0.15, -0.1) is 0 Å². The summed E-state index contributed by atoms with van der Waals surface area (Å²) in [6.07, 6.45) is 0. The lowest BCUT2D eigenvalue weighted by atomic mass is 10.1. The Morgan fingerprint density at radius 1 is 1.05 bits per heavy atom. The molecule has 0 unspecified atom stereocenters. The van der Waals surface area contributed by atoms with E-state index >= 15 is 0 Å². The molecule has 1 amide bonds. The van der Waals surface area contributed by atoms with E-state index < -0.39 is 0 Å². The van der Waals surface area contributed by atoms with Crippen molar-refractivity contribution in [2.75, 3.05) is 0 Å². The fourth-order valence-electron chi connectivity index (χ4n) is 2.70. The number of carbonyl (C=O) groups excluding carboxylic acids is 1. The first-order valence-electron chi connectivity index (χ1n) is 7.19. The second-order valence-corrected chi connectivity index (χ2v) is 5.25. The molecule has 0 atom stereocenters. The van der Waals surface area contributed by atoms with Crippen LogP contribution in [0.3, 0.4) is 0 Å². The van der Waals surface area contributed by atoms with Crippen molar-refractivity contribution in [2.45, 2.75) is 13.2 Å². The zero-order valence-corrected chi connectivity index (χ0v) is 11.9. The molecule has 1 aromatic heterocycles. The number of nitrogens with zero attached hydrogens (tertiary/aromatic N) is 1. The molecule has 2 heterocycles. The van der Waals surface area contributed by atoms with Crippen molar-refractivity contribution >= 4 is 16.8 Å². The third kappa shape index (κ3) is 2.19. The van der Waals surface area contributed by atoms with Gasteiger partial charge in [-0.2, -0.15) is 0 Å². The van der Waals surface area contributed by atoms with E-state index in [1.54, 1.807) is 0 Å². The lowest BCUT2D eigenvalue weighted by Gasteiger charge is -2.09. The Kier molecular flexibility index (Phi) is 3.00. The Balaban J connectivity index is 1.58. The predicted octanol–water partition coefficient (Wildman–Crippen LogP) is 3.06. The summed E-state index contributed by atoms with van der Waals surface area (Å²) in [5, 5.41) is 3.93. The van der Waals surface area contributed by atoms with E-state index in [-0.39, 0.29) is 5.91 Å². The highest BCUT2D eigenvalue weighted by Crippen LogP contribution is 2.27. The highest BCUT2D eigenvalue weighted by molar-refractivity contribution is 5.99. The van der Waals surface area contributed by atoms with Crippen molar-refractivity contribution < 1.29 is 9.53 Å². The number of pyridine rings is 1. The van der Waals surface area contributed by atoms with Crippen LogP contribution >= 0.6 is 0 Å². The average molecular weight is 290 g/mol. The fraction of sp³-hybridized carbons (Fsp3) is 0.111. The zero-order chi connectivity index (χ0) is 14.9. The van der Waals surface area contributed by atoms with Gasteiger partial charge in [-0.25, -0.2) is 4.98 Å². The van der Waals surface area contributed by atoms with Crippen LogP contribution in [0.15, 0.2) is 54.6 Å². The summed E-state index contributed by atoms with van der Waals surface area (Å²) >= 11 is 0. The van der Waals surface area contributed by atoms with Gasteiger partial charge in [0.25, 0.3) is 5.91 Å². The second-order valence-electron chi connectivity index (χ2n) is 5.25. The van der Waals surface area contributed by atoms with Crippen LogP contribution in [0.1, 0.15) is 21.6 Å². The van der Waals surface area contributed by atoms with E-state index in [0.717, 1.165) is 27.9 Å². The highest BCUT2D eigenvalue weighted by Gasteiger charge is 2.21. The summed E-state index contributed by atoms with van der Waals surface area (Å²) in [5.41, 5.74) is 3.45. The number of carbonyl (C=O) groups is 1. The van der Waals surface area contributed by atoms with Crippen LogP contribution < -0.4 is 10.1 Å². The quantitative estimate of drug-likeness (QED) is 0.806. The number of rotatable bonds is 3. The smallest absolute Gasteiger partial charge is 0.252 e. The normalized spacial score (nSPS) is 13.0. The molecule has 3 aromatic rings. The molecule has 0 saturated heterocycles. The molecule has 1 aliphatic rings. The number of hydrogen-bond donors (Lipinski definition) is 1. The number of hydrogen-bond acceptors (Lipinski definition) is 3. The molecule has 0 bridgehead atoms. The largest absolute Gasteiger partial charge is 0.487 e. The summed E-state index contributed by atoms with van der Waals surface area (Å²) in [7, 11) is 0. The molecular formula is C18H14N2O2. The Labute approximate surface area is 127 Å². The van der Waals surface area contributed by atoms with Gasteiger partial charge in [-0.1, -0.05) is 30.3 Å². The van der Waals surface area contributed by atoms with Gasteiger partial charge in [-0.3, -0.25) is 4.79 Å². The van der Waals surface area contributed by atoms with Crippen molar-refractivity contribution in [3.8, 4) is 5.75 Å². The van der Waals surface area contributed by atoms with Crippen molar-refractivity contribution in [1.82, 2.24) is 10.3 Å². The number of nitrogens with one attached hydrogen (secondary N) is 1. The van der Waals surface area contributed by atoms with Gasteiger partial charge >= 0.3 is 0 Å². The summed E-state index contributed by atoms with van der Waals surface area (Å²) in [6.45, 7) is 0.908. The number of fused-ring (bicyclic) bond motifs is 2. The molecule has 0 fully saturated rings. The van der Waals surface area contributed by atoms with Crippen LogP contribution in [0, 0.1) is 0 Å². The van der Waals surface area contributed by atoms with Crippen molar-refractivity contribution in [2.24, 2.45) is 0 Å². The standard InChI is InChI=1S/C18H14N2O2/c21-18-14-5-3-7-17(15(14)10-19-18)22-11-13-9-8-12-4-1-2-6-16(12)20-13/h1-9H,10-11H2,(H,19,21). The number of ether oxygens (including phenoxy) is 1. The topological polar surface area (TPSA) is 51.2 Å². The fourth-order valence-corrected chi connectivity index (χ4v) is 2.70. The van der Waals surface area contributed by atoms with Crippen LogP contribution in [-0.4, -0.2) is 10.9 Å².